The molecule has 2 N–H and O–H groups in total. The van der Waals surface area contributed by atoms with E-state index in [1.54, 1.807) is 0 Å². The minimum Gasteiger partial charge on any atom is -0.383 e. The molecule has 0 saturated carbocycles. The summed E-state index contributed by atoms with van der Waals surface area (Å²) in [6.45, 7) is -1.87. The number of nitrogens with zero attached hydrogens (tertiary/aromatic N) is 7. The van der Waals surface area contributed by atoms with Gasteiger partial charge in [0.25, 0.3) is 0 Å². The molecule has 0 radical (unpaired) electrons. The molecule has 10 nitrogen and oxygen atoms in total. The zero-order valence-electron chi connectivity index (χ0n) is 19.7. The van der Waals surface area contributed by atoms with Crippen LogP contribution in [0.15, 0.2) is 53.8 Å². The number of halogens is 7. The molecule has 1 unspecified atom stereocenters. The maximum absolute atomic E-state index is 13.0. The van der Waals surface area contributed by atoms with Gasteiger partial charge in [-0.3, -0.25) is 9.55 Å². The lowest BCUT2D eigenvalue weighted by Gasteiger charge is -2.15. The number of hydrogen-bond acceptors (Lipinski definition) is 7. The van der Waals surface area contributed by atoms with Gasteiger partial charge in [0.15, 0.2) is 17.8 Å². The normalized spacial score (nSPS) is 13.0. The first kappa shape index (κ1) is 28.1. The Morgan fingerprint density at radius 2 is 1.77 bits per heavy atom. The molecule has 3 aromatic heterocycles. The van der Waals surface area contributed by atoms with E-state index >= 15 is 0 Å². The van der Waals surface area contributed by atoms with Crippen molar-refractivity contribution in [3.63, 3.8) is 0 Å². The average Bonchev–Trinajstić information content (AvgIpc) is 3.44. The van der Waals surface area contributed by atoms with Crippen molar-refractivity contribution in [1.82, 2.24) is 34.1 Å². The molecular weight excluding hydrogens is 558 g/mol. The van der Waals surface area contributed by atoms with E-state index in [1.807, 2.05) is 0 Å². The van der Waals surface area contributed by atoms with Crippen molar-refractivity contribution in [2.24, 2.45) is 0 Å². The van der Waals surface area contributed by atoms with Gasteiger partial charge in [-0.2, -0.15) is 26.3 Å². The van der Waals surface area contributed by atoms with Crippen LogP contribution in [-0.4, -0.2) is 64.2 Å². The SMILES string of the molecule is O=c1n(Cc2ncn(-c3cnccc3NCCC(F)(F)F)n2)nc(-c2ccc(Cl)cc2)n1CC(O)C(F)(F)F. The van der Waals surface area contributed by atoms with Gasteiger partial charge in [-0.1, -0.05) is 11.6 Å². The molecule has 208 valence electrons. The third-order valence-electron chi connectivity index (χ3n) is 5.36. The molecule has 0 aliphatic carbocycles. The molecule has 0 aliphatic rings. The van der Waals surface area contributed by atoms with E-state index in [1.165, 1.54) is 53.7 Å². The molecule has 0 aliphatic heterocycles. The number of aromatic nitrogens is 7. The third-order valence-corrected chi connectivity index (χ3v) is 5.61. The van der Waals surface area contributed by atoms with Gasteiger partial charge in [-0.15, -0.1) is 10.2 Å². The number of nitrogens with one attached hydrogen (secondary N) is 1. The fourth-order valence-corrected chi connectivity index (χ4v) is 3.60. The molecule has 3 heterocycles. The summed E-state index contributed by atoms with van der Waals surface area (Å²) in [5.41, 5.74) is -0.131. The zero-order valence-corrected chi connectivity index (χ0v) is 20.4. The van der Waals surface area contributed by atoms with E-state index in [-0.39, 0.29) is 29.4 Å². The summed E-state index contributed by atoms with van der Waals surface area (Å²) >= 11 is 5.88. The van der Waals surface area contributed by atoms with E-state index in [0.29, 0.717) is 15.3 Å². The second-order valence-electron chi connectivity index (χ2n) is 8.23. The van der Waals surface area contributed by atoms with Crippen LogP contribution in [-0.2, 0) is 13.1 Å². The Morgan fingerprint density at radius 3 is 2.44 bits per heavy atom. The molecular formula is C22H19ClF6N8O2. The summed E-state index contributed by atoms with van der Waals surface area (Å²) < 4.78 is 79.4. The first-order valence-corrected chi connectivity index (χ1v) is 11.5. The highest BCUT2D eigenvalue weighted by molar-refractivity contribution is 6.30. The number of aliphatic hydroxyl groups excluding tert-OH is 1. The van der Waals surface area contributed by atoms with Crippen LogP contribution in [0.25, 0.3) is 17.1 Å². The summed E-state index contributed by atoms with van der Waals surface area (Å²) in [6, 6.07) is 7.27. The van der Waals surface area contributed by atoms with E-state index in [9.17, 15) is 36.2 Å². The highest BCUT2D eigenvalue weighted by Crippen LogP contribution is 2.25. The average molecular weight is 577 g/mol. The number of hydrogen-bond donors (Lipinski definition) is 2. The van der Waals surface area contributed by atoms with Crippen molar-refractivity contribution >= 4 is 17.3 Å². The lowest BCUT2D eigenvalue weighted by atomic mass is 10.2. The Bertz CT molecular complexity index is 1480. The number of alkyl halides is 6. The minimum atomic E-state index is -4.98. The minimum absolute atomic E-state index is 0.0193. The molecule has 0 saturated heterocycles. The Hall–Kier alpha value is -3.92. The van der Waals surface area contributed by atoms with Gasteiger partial charge in [-0.05, 0) is 30.3 Å². The molecule has 0 fully saturated rings. The first-order valence-electron chi connectivity index (χ1n) is 11.2. The monoisotopic (exact) mass is 576 g/mol. The zero-order chi connectivity index (χ0) is 28.4. The molecule has 0 bridgehead atoms. The second kappa shape index (κ2) is 11.1. The van der Waals surface area contributed by atoms with E-state index in [2.05, 4.69) is 25.5 Å². The van der Waals surface area contributed by atoms with Crippen molar-refractivity contribution in [1.29, 1.82) is 0 Å². The van der Waals surface area contributed by atoms with Crippen LogP contribution in [0.5, 0.6) is 0 Å². The van der Waals surface area contributed by atoms with E-state index in [0.717, 1.165) is 4.68 Å². The van der Waals surface area contributed by atoms with E-state index < -0.39 is 43.7 Å². The Morgan fingerprint density at radius 1 is 1.05 bits per heavy atom. The molecule has 1 atom stereocenters. The fraction of sp³-hybridized carbons (Fsp3) is 0.318. The largest absolute Gasteiger partial charge is 0.416 e. The summed E-state index contributed by atoms with van der Waals surface area (Å²) in [6.07, 6.45) is -9.28. The van der Waals surface area contributed by atoms with Crippen LogP contribution in [0.4, 0.5) is 32.0 Å². The Labute approximate surface area is 220 Å². The summed E-state index contributed by atoms with van der Waals surface area (Å²) in [5, 5.41) is 20.9. The van der Waals surface area contributed by atoms with Crippen LogP contribution in [0.2, 0.25) is 5.02 Å². The Balaban J connectivity index is 1.62. The lowest BCUT2D eigenvalue weighted by molar-refractivity contribution is -0.207. The van der Waals surface area contributed by atoms with Gasteiger partial charge >= 0.3 is 18.0 Å². The van der Waals surface area contributed by atoms with Crippen LogP contribution < -0.4 is 11.0 Å². The van der Waals surface area contributed by atoms with Gasteiger partial charge in [0, 0.05) is 23.3 Å². The molecule has 4 aromatic rings. The van der Waals surface area contributed by atoms with Crippen molar-refractivity contribution in [3.8, 4) is 17.1 Å². The maximum atomic E-state index is 13.0. The van der Waals surface area contributed by atoms with Gasteiger partial charge in [-0.25, -0.2) is 19.1 Å². The lowest BCUT2D eigenvalue weighted by Crippen LogP contribution is -2.37. The quantitative estimate of drug-likeness (QED) is 0.292. The van der Waals surface area contributed by atoms with Gasteiger partial charge in [0.2, 0.25) is 0 Å². The predicted molar refractivity (Wildman–Crippen MR) is 126 cm³/mol. The standard InChI is InChI=1S/C22H19ClF6N8O2/c23-14-3-1-13(2-4-14)19-34-36(20(39)35(19)10-17(38)22(27,28)29)11-18-32-12-37(33-18)16-9-30-7-5-15(16)31-8-6-21(24,25)26/h1-5,7,9,12,17,38H,6,8,10-11H2,(H,30,31). The topological polar surface area (TPSA) is 116 Å². The van der Waals surface area contributed by atoms with Gasteiger partial charge in [0.1, 0.15) is 18.6 Å². The molecule has 0 spiro atoms. The van der Waals surface area contributed by atoms with Gasteiger partial charge < -0.3 is 10.4 Å². The third kappa shape index (κ3) is 6.94. The summed E-state index contributed by atoms with van der Waals surface area (Å²) in [7, 11) is 0. The molecule has 1 aromatic carbocycles. The smallest absolute Gasteiger partial charge is 0.383 e. The molecule has 39 heavy (non-hydrogen) atoms. The van der Waals surface area contributed by atoms with Crippen LogP contribution >= 0.6 is 11.6 Å². The van der Waals surface area contributed by atoms with E-state index in [4.69, 9.17) is 11.6 Å². The number of anilines is 1. The van der Waals surface area contributed by atoms with Crippen LogP contribution in [0.1, 0.15) is 12.2 Å². The second-order valence-corrected chi connectivity index (χ2v) is 8.67. The molecule has 17 heteroatoms. The number of pyridine rings is 1. The van der Waals surface area contributed by atoms with Gasteiger partial charge in [0.05, 0.1) is 24.8 Å². The van der Waals surface area contributed by atoms with Crippen molar-refractivity contribution in [2.75, 3.05) is 11.9 Å². The predicted octanol–water partition coefficient (Wildman–Crippen LogP) is 3.68. The van der Waals surface area contributed by atoms with Crippen molar-refractivity contribution in [2.45, 2.75) is 38.0 Å². The number of aliphatic hydroxyl groups is 1. The highest BCUT2D eigenvalue weighted by Gasteiger charge is 2.39. The number of benzene rings is 1. The number of rotatable bonds is 9. The summed E-state index contributed by atoms with van der Waals surface area (Å²) in [4.78, 5) is 21.0. The first-order chi connectivity index (χ1) is 18.3. The van der Waals surface area contributed by atoms with Crippen LogP contribution in [0, 0.1) is 0 Å². The fourth-order valence-electron chi connectivity index (χ4n) is 3.47. The maximum Gasteiger partial charge on any atom is 0.416 e. The molecule has 4 rings (SSSR count). The van der Waals surface area contributed by atoms with Crippen molar-refractivity contribution in [3.05, 3.63) is 70.4 Å². The highest BCUT2D eigenvalue weighted by atomic mass is 35.5. The summed E-state index contributed by atoms with van der Waals surface area (Å²) in [5.74, 6) is -0.131. The van der Waals surface area contributed by atoms with Crippen LogP contribution in [0.3, 0.4) is 0 Å². The van der Waals surface area contributed by atoms with Crippen molar-refractivity contribution < 1.29 is 31.4 Å². The Kier molecular flexibility index (Phi) is 7.96. The molecule has 0 amide bonds.